The third-order valence-electron chi connectivity index (χ3n) is 2.47. The van der Waals surface area contributed by atoms with Crippen molar-refractivity contribution in [3.8, 4) is 0 Å². The summed E-state index contributed by atoms with van der Waals surface area (Å²) in [6.07, 6.45) is 1.85. The van der Waals surface area contributed by atoms with Crippen LogP contribution in [-0.4, -0.2) is 4.57 Å². The first-order valence-electron chi connectivity index (χ1n) is 4.82. The maximum atomic E-state index is 11.9. The number of nitrogens with zero attached hydrogens (tertiary/aromatic N) is 1. The first-order chi connectivity index (χ1) is 6.72. The fourth-order valence-corrected chi connectivity index (χ4v) is 1.64. The first kappa shape index (κ1) is 9.00. The highest BCUT2D eigenvalue weighted by atomic mass is 16.1. The Morgan fingerprint density at radius 1 is 1.29 bits per heavy atom. The molecule has 0 unspecified atom stereocenters. The van der Waals surface area contributed by atoms with Crippen molar-refractivity contribution < 1.29 is 0 Å². The van der Waals surface area contributed by atoms with Gasteiger partial charge in [0.2, 0.25) is 0 Å². The second-order valence-corrected chi connectivity index (χ2v) is 3.50. The number of benzene rings is 1. The van der Waals surface area contributed by atoms with E-state index in [0.29, 0.717) is 0 Å². The van der Waals surface area contributed by atoms with Crippen molar-refractivity contribution in [1.29, 1.82) is 0 Å². The first-order valence-corrected chi connectivity index (χ1v) is 4.82. The fraction of sp³-hybridized carbons (Fsp3) is 0.250. The van der Waals surface area contributed by atoms with E-state index in [4.69, 9.17) is 0 Å². The van der Waals surface area contributed by atoms with Gasteiger partial charge in [0, 0.05) is 18.1 Å². The molecule has 0 aliphatic heterocycles. The van der Waals surface area contributed by atoms with Crippen LogP contribution in [-0.2, 0) is 6.54 Å². The second kappa shape index (κ2) is 3.29. The molecular weight excluding hydrogens is 174 g/mol. The minimum Gasteiger partial charge on any atom is -0.315 e. The van der Waals surface area contributed by atoms with Crippen LogP contribution in [0.3, 0.4) is 0 Å². The summed E-state index contributed by atoms with van der Waals surface area (Å²) in [6, 6.07) is 7.95. The Kier molecular flexibility index (Phi) is 2.12. The summed E-state index contributed by atoms with van der Waals surface area (Å²) in [5, 5.41) is 1.83. The van der Waals surface area contributed by atoms with Gasteiger partial charge in [0.25, 0.3) is 5.56 Å². The van der Waals surface area contributed by atoms with E-state index in [-0.39, 0.29) is 5.56 Å². The van der Waals surface area contributed by atoms with Crippen molar-refractivity contribution in [2.24, 2.45) is 0 Å². The van der Waals surface area contributed by atoms with E-state index in [1.165, 1.54) is 0 Å². The number of pyridine rings is 1. The van der Waals surface area contributed by atoms with Gasteiger partial charge in [-0.3, -0.25) is 4.79 Å². The maximum absolute atomic E-state index is 11.9. The van der Waals surface area contributed by atoms with Gasteiger partial charge in [0.05, 0.1) is 0 Å². The van der Waals surface area contributed by atoms with Crippen molar-refractivity contribution in [2.75, 3.05) is 0 Å². The largest absolute Gasteiger partial charge is 0.315 e. The number of aromatic nitrogens is 1. The van der Waals surface area contributed by atoms with Crippen LogP contribution in [0.15, 0.2) is 35.3 Å². The van der Waals surface area contributed by atoms with Gasteiger partial charge < -0.3 is 4.57 Å². The Bertz CT molecular complexity index is 525. The average Bonchev–Trinajstić information content (AvgIpc) is 2.20. The van der Waals surface area contributed by atoms with Crippen molar-refractivity contribution in [1.82, 2.24) is 4.57 Å². The van der Waals surface area contributed by atoms with E-state index in [1.54, 1.807) is 4.57 Å². The van der Waals surface area contributed by atoms with Gasteiger partial charge in [0.15, 0.2) is 0 Å². The summed E-state index contributed by atoms with van der Waals surface area (Å²) in [5.74, 6) is 0. The highest BCUT2D eigenvalue weighted by Gasteiger charge is 2.00. The van der Waals surface area contributed by atoms with E-state index in [2.05, 4.69) is 0 Å². The number of fused-ring (bicyclic) bond motifs is 1. The molecular formula is C12H13NO. The molecule has 2 nitrogen and oxygen atoms in total. The van der Waals surface area contributed by atoms with Gasteiger partial charge in [-0.05, 0) is 31.4 Å². The third-order valence-corrected chi connectivity index (χ3v) is 2.47. The summed E-state index contributed by atoms with van der Waals surface area (Å²) in [5.41, 5.74) is 1.23. The van der Waals surface area contributed by atoms with Gasteiger partial charge in [-0.25, -0.2) is 0 Å². The van der Waals surface area contributed by atoms with E-state index in [1.807, 2.05) is 44.3 Å². The minimum atomic E-state index is 0.105. The second-order valence-electron chi connectivity index (χ2n) is 3.50. The molecule has 1 heterocycles. The van der Waals surface area contributed by atoms with Crippen LogP contribution < -0.4 is 5.56 Å². The molecule has 0 bridgehead atoms. The Balaban J connectivity index is 2.87. The molecule has 0 amide bonds. The van der Waals surface area contributed by atoms with Crippen molar-refractivity contribution in [3.05, 3.63) is 46.4 Å². The topological polar surface area (TPSA) is 22.0 Å². The van der Waals surface area contributed by atoms with Gasteiger partial charge in [-0.15, -0.1) is 0 Å². The summed E-state index contributed by atoms with van der Waals surface area (Å²) in [4.78, 5) is 11.9. The molecule has 0 spiro atoms. The summed E-state index contributed by atoms with van der Waals surface area (Å²) in [6.45, 7) is 4.70. The molecule has 2 heteroatoms. The van der Waals surface area contributed by atoms with Gasteiger partial charge in [-0.2, -0.15) is 0 Å². The normalized spacial score (nSPS) is 10.7. The molecule has 0 N–H and O–H groups in total. The highest BCUT2D eigenvalue weighted by Crippen LogP contribution is 2.11. The molecule has 0 radical (unpaired) electrons. The fourth-order valence-electron chi connectivity index (χ4n) is 1.64. The summed E-state index contributed by atoms with van der Waals surface area (Å²) in [7, 11) is 0. The molecule has 1 aromatic carbocycles. The zero-order valence-corrected chi connectivity index (χ0v) is 8.45. The molecule has 0 atom stereocenters. The molecule has 0 fully saturated rings. The molecule has 0 aliphatic carbocycles. The Hall–Kier alpha value is -1.57. The van der Waals surface area contributed by atoms with Crippen LogP contribution >= 0.6 is 0 Å². The van der Waals surface area contributed by atoms with Crippen LogP contribution in [0.4, 0.5) is 0 Å². The Morgan fingerprint density at radius 2 is 2.07 bits per heavy atom. The molecule has 0 aliphatic rings. The van der Waals surface area contributed by atoms with Crippen molar-refractivity contribution in [2.45, 2.75) is 20.4 Å². The number of rotatable bonds is 1. The smallest absolute Gasteiger partial charge is 0.258 e. The van der Waals surface area contributed by atoms with E-state index < -0.39 is 0 Å². The monoisotopic (exact) mass is 187 g/mol. The molecule has 0 saturated heterocycles. The molecule has 2 aromatic rings. The average molecular weight is 187 g/mol. The molecule has 14 heavy (non-hydrogen) atoms. The van der Waals surface area contributed by atoms with Crippen molar-refractivity contribution >= 4 is 10.8 Å². The highest BCUT2D eigenvalue weighted by molar-refractivity contribution is 5.81. The summed E-state index contributed by atoms with van der Waals surface area (Å²) < 4.78 is 1.72. The quantitative estimate of drug-likeness (QED) is 0.671. The lowest BCUT2D eigenvalue weighted by Crippen LogP contribution is -2.18. The third kappa shape index (κ3) is 1.33. The lowest BCUT2D eigenvalue weighted by Gasteiger charge is -2.04. The zero-order valence-electron chi connectivity index (χ0n) is 8.45. The van der Waals surface area contributed by atoms with Crippen LogP contribution in [0.5, 0.6) is 0 Å². The van der Waals surface area contributed by atoms with E-state index in [0.717, 1.165) is 22.9 Å². The van der Waals surface area contributed by atoms with Crippen LogP contribution in [0, 0.1) is 6.92 Å². The zero-order chi connectivity index (χ0) is 10.1. The van der Waals surface area contributed by atoms with E-state index >= 15 is 0 Å². The number of hydrogen-bond donors (Lipinski definition) is 0. The lowest BCUT2D eigenvalue weighted by molar-refractivity contribution is 0.735. The Labute approximate surface area is 82.8 Å². The molecule has 1 aromatic heterocycles. The molecule has 72 valence electrons. The minimum absolute atomic E-state index is 0.105. The van der Waals surface area contributed by atoms with Gasteiger partial charge >= 0.3 is 0 Å². The van der Waals surface area contributed by atoms with E-state index in [9.17, 15) is 4.79 Å². The van der Waals surface area contributed by atoms with Crippen LogP contribution in [0.2, 0.25) is 0 Å². The van der Waals surface area contributed by atoms with Crippen LogP contribution in [0.25, 0.3) is 10.8 Å². The number of aryl methyl sites for hydroxylation is 2. The molecule has 0 saturated carbocycles. The lowest BCUT2D eigenvalue weighted by atomic mass is 10.1. The maximum Gasteiger partial charge on any atom is 0.258 e. The predicted octanol–water partition coefficient (Wildman–Crippen LogP) is 2.33. The molecule has 2 rings (SSSR count). The number of hydrogen-bond acceptors (Lipinski definition) is 1. The van der Waals surface area contributed by atoms with Gasteiger partial charge in [-0.1, -0.05) is 17.7 Å². The Morgan fingerprint density at radius 3 is 2.79 bits per heavy atom. The van der Waals surface area contributed by atoms with Crippen LogP contribution in [0.1, 0.15) is 12.5 Å². The standard InChI is InChI=1S/C12H13NO/c1-3-13-7-6-10-5-4-9(2)8-11(10)12(13)14/h4-8H,3H2,1-2H3. The SMILES string of the molecule is CCn1ccc2ccc(C)cc2c1=O. The summed E-state index contributed by atoms with van der Waals surface area (Å²) >= 11 is 0. The predicted molar refractivity (Wildman–Crippen MR) is 58.6 cm³/mol. The van der Waals surface area contributed by atoms with Gasteiger partial charge in [0.1, 0.15) is 0 Å². The van der Waals surface area contributed by atoms with Crippen molar-refractivity contribution in [3.63, 3.8) is 0 Å².